The van der Waals surface area contributed by atoms with Crippen LogP contribution in [0, 0.1) is 13.8 Å². The zero-order chi connectivity index (χ0) is 16.2. The molecule has 2 N–H and O–H groups in total. The number of nitrogens with zero attached hydrogens (tertiary/aromatic N) is 4. The molecule has 0 aromatic carbocycles. The molecule has 3 aromatic rings. The molecule has 120 valence electrons. The molecular weight excluding hydrogens is 294 g/mol. The van der Waals surface area contributed by atoms with Crippen molar-refractivity contribution >= 4 is 5.82 Å². The first kappa shape index (κ1) is 15.2. The van der Waals surface area contributed by atoms with E-state index in [4.69, 9.17) is 4.42 Å². The summed E-state index contributed by atoms with van der Waals surface area (Å²) in [5.74, 6) is 2.03. The van der Waals surface area contributed by atoms with Gasteiger partial charge >= 0.3 is 0 Å². The van der Waals surface area contributed by atoms with Crippen molar-refractivity contribution in [2.24, 2.45) is 0 Å². The van der Waals surface area contributed by atoms with Gasteiger partial charge in [0, 0.05) is 12.3 Å². The number of rotatable bonds is 6. The first-order valence-electron chi connectivity index (χ1n) is 7.45. The third-order valence-electron chi connectivity index (χ3n) is 3.50. The molecule has 1 unspecified atom stereocenters. The molecular formula is C16H19N5O2. The highest BCUT2D eigenvalue weighted by Gasteiger charge is 2.15. The van der Waals surface area contributed by atoms with Gasteiger partial charge in [-0.1, -0.05) is 0 Å². The van der Waals surface area contributed by atoms with Crippen LogP contribution in [0.25, 0.3) is 5.82 Å². The fraction of sp³-hybridized carbons (Fsp3) is 0.312. The van der Waals surface area contributed by atoms with Gasteiger partial charge in [-0.15, -0.1) is 10.2 Å². The topological polar surface area (TPSA) is 89.0 Å². The van der Waals surface area contributed by atoms with Crippen LogP contribution in [0.3, 0.4) is 0 Å². The SMILES string of the molecule is Cc1cc(C)n(-c2ccc(NC(CCO)c3ccco3)nn2)n1. The molecule has 0 spiro atoms. The van der Waals surface area contributed by atoms with Crippen LogP contribution in [0.15, 0.2) is 41.0 Å². The Morgan fingerprint density at radius 3 is 2.70 bits per heavy atom. The van der Waals surface area contributed by atoms with Gasteiger partial charge in [-0.2, -0.15) is 5.10 Å². The average molecular weight is 313 g/mol. The minimum Gasteiger partial charge on any atom is -0.467 e. The van der Waals surface area contributed by atoms with Crippen molar-refractivity contribution in [3.05, 3.63) is 53.7 Å². The maximum Gasteiger partial charge on any atom is 0.176 e. The summed E-state index contributed by atoms with van der Waals surface area (Å²) in [6, 6.07) is 9.22. The fourth-order valence-electron chi connectivity index (χ4n) is 2.46. The second-order valence-electron chi connectivity index (χ2n) is 5.34. The standard InChI is InChI=1S/C16H19N5O2/c1-11-10-12(2)21(20-11)16-6-5-15(18-19-16)17-13(7-8-22)14-4-3-9-23-14/h3-6,9-10,13,22H,7-8H2,1-2H3,(H,17,18). The van der Waals surface area contributed by atoms with E-state index in [9.17, 15) is 5.11 Å². The summed E-state index contributed by atoms with van der Waals surface area (Å²) in [6.07, 6.45) is 2.13. The van der Waals surface area contributed by atoms with Crippen molar-refractivity contribution in [1.29, 1.82) is 0 Å². The van der Waals surface area contributed by atoms with Crippen molar-refractivity contribution in [1.82, 2.24) is 20.0 Å². The summed E-state index contributed by atoms with van der Waals surface area (Å²) in [4.78, 5) is 0. The van der Waals surface area contributed by atoms with Crippen molar-refractivity contribution < 1.29 is 9.52 Å². The largest absolute Gasteiger partial charge is 0.467 e. The van der Waals surface area contributed by atoms with Gasteiger partial charge in [-0.3, -0.25) is 0 Å². The summed E-state index contributed by atoms with van der Waals surface area (Å²) in [5.41, 5.74) is 1.94. The molecule has 3 rings (SSSR count). The van der Waals surface area contributed by atoms with Gasteiger partial charge < -0.3 is 14.8 Å². The van der Waals surface area contributed by atoms with E-state index in [1.165, 1.54) is 0 Å². The number of aromatic nitrogens is 4. The number of aryl methyl sites for hydroxylation is 2. The summed E-state index contributed by atoms with van der Waals surface area (Å²) >= 11 is 0. The molecule has 0 aliphatic heterocycles. The Morgan fingerprint density at radius 2 is 2.13 bits per heavy atom. The van der Waals surface area contributed by atoms with Gasteiger partial charge in [-0.25, -0.2) is 4.68 Å². The Hall–Kier alpha value is -2.67. The third kappa shape index (κ3) is 3.40. The van der Waals surface area contributed by atoms with Crippen LogP contribution in [0.5, 0.6) is 0 Å². The highest BCUT2D eigenvalue weighted by molar-refractivity contribution is 5.39. The molecule has 3 heterocycles. The number of hydrogen-bond donors (Lipinski definition) is 2. The lowest BCUT2D eigenvalue weighted by Crippen LogP contribution is -2.13. The lowest BCUT2D eigenvalue weighted by molar-refractivity contribution is 0.273. The normalized spacial score (nSPS) is 12.3. The molecule has 0 saturated heterocycles. The maximum atomic E-state index is 9.21. The van der Waals surface area contributed by atoms with Crippen LogP contribution in [-0.2, 0) is 0 Å². The monoisotopic (exact) mass is 313 g/mol. The molecule has 0 saturated carbocycles. The summed E-state index contributed by atoms with van der Waals surface area (Å²) in [5, 5.41) is 25.2. The van der Waals surface area contributed by atoms with Crippen molar-refractivity contribution in [2.75, 3.05) is 11.9 Å². The first-order valence-corrected chi connectivity index (χ1v) is 7.45. The highest BCUT2D eigenvalue weighted by atomic mass is 16.3. The Morgan fingerprint density at radius 1 is 1.26 bits per heavy atom. The lowest BCUT2D eigenvalue weighted by Gasteiger charge is -2.15. The summed E-state index contributed by atoms with van der Waals surface area (Å²) in [7, 11) is 0. The fourth-order valence-corrected chi connectivity index (χ4v) is 2.46. The lowest BCUT2D eigenvalue weighted by atomic mass is 10.1. The zero-order valence-corrected chi connectivity index (χ0v) is 13.1. The van der Waals surface area contributed by atoms with E-state index < -0.39 is 0 Å². The molecule has 0 bridgehead atoms. The van der Waals surface area contributed by atoms with Gasteiger partial charge in [0.2, 0.25) is 0 Å². The minimum absolute atomic E-state index is 0.0512. The quantitative estimate of drug-likeness (QED) is 0.726. The molecule has 7 nitrogen and oxygen atoms in total. The van der Waals surface area contributed by atoms with Crippen molar-refractivity contribution in [3.63, 3.8) is 0 Å². The minimum atomic E-state index is -0.149. The highest BCUT2D eigenvalue weighted by Crippen LogP contribution is 2.22. The maximum absolute atomic E-state index is 9.21. The van der Waals surface area contributed by atoms with Gasteiger partial charge in [0.1, 0.15) is 11.6 Å². The number of aliphatic hydroxyl groups is 1. The van der Waals surface area contributed by atoms with E-state index in [1.54, 1.807) is 10.9 Å². The Bertz CT molecular complexity index is 749. The van der Waals surface area contributed by atoms with Crippen LogP contribution < -0.4 is 5.32 Å². The van der Waals surface area contributed by atoms with Gasteiger partial charge in [-0.05, 0) is 50.6 Å². The molecule has 0 radical (unpaired) electrons. The molecule has 0 fully saturated rings. The van der Waals surface area contributed by atoms with Crippen molar-refractivity contribution in [3.8, 4) is 5.82 Å². The number of aliphatic hydroxyl groups excluding tert-OH is 1. The Balaban J connectivity index is 1.77. The summed E-state index contributed by atoms with van der Waals surface area (Å²) in [6.45, 7) is 3.97. The van der Waals surface area contributed by atoms with Crippen LogP contribution in [-0.4, -0.2) is 31.7 Å². The molecule has 0 aliphatic carbocycles. The Kier molecular flexibility index (Phi) is 4.38. The molecule has 0 amide bonds. The average Bonchev–Trinajstić information content (AvgIpc) is 3.17. The second-order valence-corrected chi connectivity index (χ2v) is 5.34. The van der Waals surface area contributed by atoms with Crippen molar-refractivity contribution in [2.45, 2.75) is 26.3 Å². The van der Waals surface area contributed by atoms with Crippen LogP contribution in [0.2, 0.25) is 0 Å². The van der Waals surface area contributed by atoms with E-state index >= 15 is 0 Å². The van der Waals surface area contributed by atoms with Crippen LogP contribution in [0.1, 0.15) is 29.6 Å². The van der Waals surface area contributed by atoms with E-state index in [2.05, 4.69) is 20.6 Å². The van der Waals surface area contributed by atoms with E-state index in [0.717, 1.165) is 17.1 Å². The van der Waals surface area contributed by atoms with Crippen LogP contribution in [0.4, 0.5) is 5.82 Å². The number of anilines is 1. The van der Waals surface area contributed by atoms with Gasteiger partial charge in [0.15, 0.2) is 5.82 Å². The molecule has 0 aliphatic rings. The van der Waals surface area contributed by atoms with E-state index in [0.29, 0.717) is 18.1 Å². The third-order valence-corrected chi connectivity index (χ3v) is 3.50. The second kappa shape index (κ2) is 6.62. The number of furan rings is 1. The predicted octanol–water partition coefficient (Wildman–Crippen LogP) is 2.41. The Labute approximate surface area is 134 Å². The molecule has 7 heteroatoms. The van der Waals surface area contributed by atoms with Gasteiger partial charge in [0.05, 0.1) is 18.0 Å². The predicted molar refractivity (Wildman–Crippen MR) is 85.4 cm³/mol. The zero-order valence-electron chi connectivity index (χ0n) is 13.1. The molecule has 3 aromatic heterocycles. The van der Waals surface area contributed by atoms with Gasteiger partial charge in [0.25, 0.3) is 0 Å². The number of hydrogen-bond acceptors (Lipinski definition) is 6. The molecule has 23 heavy (non-hydrogen) atoms. The van der Waals surface area contributed by atoms with E-state index in [-0.39, 0.29) is 12.6 Å². The van der Waals surface area contributed by atoms with Crippen LogP contribution >= 0.6 is 0 Å². The summed E-state index contributed by atoms with van der Waals surface area (Å²) < 4.78 is 7.15. The number of nitrogens with one attached hydrogen (secondary N) is 1. The smallest absolute Gasteiger partial charge is 0.176 e. The first-order chi connectivity index (χ1) is 11.2. The van der Waals surface area contributed by atoms with E-state index in [1.807, 2.05) is 44.2 Å². The molecule has 1 atom stereocenters.